The van der Waals surface area contributed by atoms with Gasteiger partial charge in [-0.25, -0.2) is 14.3 Å². The summed E-state index contributed by atoms with van der Waals surface area (Å²) in [6.07, 6.45) is -0.949. The summed E-state index contributed by atoms with van der Waals surface area (Å²) in [5, 5.41) is 4.13. The second-order valence-electron chi connectivity index (χ2n) is 7.93. The third-order valence-electron chi connectivity index (χ3n) is 4.49. The Bertz CT molecular complexity index is 1050. The number of carbonyl (C=O) groups is 2. The van der Waals surface area contributed by atoms with E-state index >= 15 is 0 Å². The van der Waals surface area contributed by atoms with Crippen molar-refractivity contribution in [3.63, 3.8) is 0 Å². The maximum Gasteiger partial charge on any atom is 0.379 e. The molecule has 0 aliphatic rings. The molecule has 0 aliphatic heterocycles. The van der Waals surface area contributed by atoms with Gasteiger partial charge in [-0.2, -0.15) is 4.98 Å². The molecular weight excluding hydrogens is 356 g/mol. The number of fused-ring (bicyclic) bond motifs is 1. The van der Waals surface area contributed by atoms with Crippen molar-refractivity contribution in [3.8, 4) is 0 Å². The lowest BCUT2D eigenvalue weighted by Gasteiger charge is -2.19. The molecule has 0 saturated heterocycles. The summed E-state index contributed by atoms with van der Waals surface area (Å²) in [4.78, 5) is 33.4. The average molecular weight is 380 g/mol. The molecule has 146 valence electrons. The molecule has 0 N–H and O–H groups in total. The summed E-state index contributed by atoms with van der Waals surface area (Å²) in [5.41, 5.74) is 3.20. The second-order valence-corrected chi connectivity index (χ2v) is 7.93. The van der Waals surface area contributed by atoms with Gasteiger partial charge in [0.2, 0.25) is 5.78 Å². The molecule has 28 heavy (non-hydrogen) atoms. The Morgan fingerprint density at radius 1 is 1.07 bits per heavy atom. The van der Waals surface area contributed by atoms with Crippen LogP contribution in [0.25, 0.3) is 5.78 Å². The highest BCUT2D eigenvalue weighted by Crippen LogP contribution is 2.22. The van der Waals surface area contributed by atoms with E-state index in [9.17, 15) is 9.59 Å². The monoisotopic (exact) mass is 380 g/mol. The Morgan fingerprint density at radius 3 is 2.32 bits per heavy atom. The fourth-order valence-electron chi connectivity index (χ4n) is 2.89. The van der Waals surface area contributed by atoms with Crippen molar-refractivity contribution in [2.75, 3.05) is 0 Å². The van der Waals surface area contributed by atoms with Crippen molar-refractivity contribution in [2.45, 2.75) is 53.1 Å². The number of aryl methyl sites for hydroxylation is 2. The minimum Gasteiger partial charge on any atom is -0.448 e. The molecule has 0 spiro atoms. The molecular formula is C21H24N4O3. The third-order valence-corrected chi connectivity index (χ3v) is 4.49. The van der Waals surface area contributed by atoms with Gasteiger partial charge in [-0.3, -0.25) is 4.79 Å². The average Bonchev–Trinajstić information content (AvgIpc) is 3.05. The first-order valence-electron chi connectivity index (χ1n) is 9.13. The van der Waals surface area contributed by atoms with Gasteiger partial charge in [0.1, 0.15) is 0 Å². The van der Waals surface area contributed by atoms with E-state index in [1.165, 1.54) is 4.52 Å². The summed E-state index contributed by atoms with van der Waals surface area (Å²) < 4.78 is 6.77. The number of aromatic nitrogens is 4. The van der Waals surface area contributed by atoms with E-state index in [1.54, 1.807) is 19.1 Å². The van der Waals surface area contributed by atoms with E-state index in [-0.39, 0.29) is 17.0 Å². The number of esters is 1. The van der Waals surface area contributed by atoms with E-state index in [1.807, 2.05) is 32.0 Å². The number of hydrogen-bond donors (Lipinski definition) is 0. The first-order chi connectivity index (χ1) is 13.1. The SMILES string of the molecule is Cc1cc(C)n2nc(C(=O)O[C@H](C)C(=O)c3ccc(C(C)(C)C)cc3)nc2n1. The highest BCUT2D eigenvalue weighted by molar-refractivity contribution is 6.01. The van der Waals surface area contributed by atoms with Gasteiger partial charge in [0.05, 0.1) is 0 Å². The smallest absolute Gasteiger partial charge is 0.379 e. The molecule has 0 saturated carbocycles. The molecule has 0 unspecified atom stereocenters. The van der Waals surface area contributed by atoms with Crippen molar-refractivity contribution >= 4 is 17.5 Å². The van der Waals surface area contributed by atoms with Gasteiger partial charge in [-0.05, 0) is 37.8 Å². The zero-order valence-corrected chi connectivity index (χ0v) is 17.0. The lowest BCUT2D eigenvalue weighted by atomic mass is 9.86. The molecule has 2 aromatic heterocycles. The molecule has 1 atom stereocenters. The number of carbonyl (C=O) groups excluding carboxylic acids is 2. The minimum absolute atomic E-state index is 0.00102. The summed E-state index contributed by atoms with van der Waals surface area (Å²) >= 11 is 0. The minimum atomic E-state index is -0.949. The molecule has 0 bridgehead atoms. The van der Waals surface area contributed by atoms with Gasteiger partial charge in [-0.1, -0.05) is 45.0 Å². The number of hydrogen-bond acceptors (Lipinski definition) is 6. The number of ketones is 1. The fraction of sp³-hybridized carbons (Fsp3) is 0.381. The molecule has 0 amide bonds. The van der Waals surface area contributed by atoms with E-state index < -0.39 is 12.1 Å². The maximum atomic E-state index is 12.6. The summed E-state index contributed by atoms with van der Waals surface area (Å²) in [6, 6.07) is 9.19. The van der Waals surface area contributed by atoms with Crippen LogP contribution in [0.4, 0.5) is 0 Å². The topological polar surface area (TPSA) is 86.5 Å². The maximum absolute atomic E-state index is 12.6. The number of Topliss-reactive ketones (excluding diaryl/α,β-unsaturated/α-hetero) is 1. The van der Waals surface area contributed by atoms with Crippen LogP contribution in [-0.2, 0) is 10.2 Å². The number of nitrogens with zero attached hydrogens (tertiary/aromatic N) is 4. The van der Waals surface area contributed by atoms with Gasteiger partial charge in [0.15, 0.2) is 6.10 Å². The van der Waals surface area contributed by atoms with Crippen LogP contribution in [-0.4, -0.2) is 37.4 Å². The summed E-state index contributed by atoms with van der Waals surface area (Å²) in [6.45, 7) is 11.5. The largest absolute Gasteiger partial charge is 0.448 e. The van der Waals surface area contributed by atoms with E-state index in [2.05, 4.69) is 35.8 Å². The van der Waals surface area contributed by atoms with Crippen molar-refractivity contribution in [1.82, 2.24) is 19.6 Å². The van der Waals surface area contributed by atoms with Crippen LogP contribution < -0.4 is 0 Å². The predicted octanol–water partition coefficient (Wildman–Crippen LogP) is 3.47. The molecule has 7 heteroatoms. The quantitative estimate of drug-likeness (QED) is 0.509. The zero-order chi connectivity index (χ0) is 20.6. The van der Waals surface area contributed by atoms with E-state index in [4.69, 9.17) is 4.74 Å². The molecule has 3 aromatic rings. The first-order valence-corrected chi connectivity index (χ1v) is 9.13. The zero-order valence-electron chi connectivity index (χ0n) is 17.0. The molecule has 1 aromatic carbocycles. The van der Waals surface area contributed by atoms with Gasteiger partial charge < -0.3 is 4.74 Å². The van der Waals surface area contributed by atoms with Crippen molar-refractivity contribution < 1.29 is 14.3 Å². The Labute approximate surface area is 163 Å². The number of ether oxygens (including phenoxy) is 1. The number of benzene rings is 1. The van der Waals surface area contributed by atoms with E-state index in [0.717, 1.165) is 17.0 Å². The third kappa shape index (κ3) is 3.93. The second kappa shape index (κ2) is 7.14. The predicted molar refractivity (Wildman–Crippen MR) is 105 cm³/mol. The van der Waals surface area contributed by atoms with Crippen LogP contribution in [0.3, 0.4) is 0 Å². The lowest BCUT2D eigenvalue weighted by Crippen LogP contribution is -2.25. The molecule has 7 nitrogen and oxygen atoms in total. The van der Waals surface area contributed by atoms with Crippen LogP contribution in [0.5, 0.6) is 0 Å². The van der Waals surface area contributed by atoms with Crippen LogP contribution in [0.1, 0.15) is 65.6 Å². The summed E-state index contributed by atoms with van der Waals surface area (Å²) in [5.74, 6) is -0.831. The Kier molecular flexibility index (Phi) is 5.02. The van der Waals surface area contributed by atoms with Crippen molar-refractivity contribution in [3.05, 3.63) is 58.7 Å². The van der Waals surface area contributed by atoms with Crippen LogP contribution in [0.2, 0.25) is 0 Å². The molecule has 3 rings (SSSR count). The molecule has 0 radical (unpaired) electrons. The molecule has 0 fully saturated rings. The normalized spacial score (nSPS) is 12.8. The standard InChI is InChI=1S/C21H24N4O3/c1-12-11-13(2)25-20(22-12)23-18(24-25)19(27)28-14(3)17(26)15-7-9-16(10-8-15)21(4,5)6/h7-11,14H,1-6H3/t14-/m1/s1. The van der Waals surface area contributed by atoms with Gasteiger partial charge in [0.25, 0.3) is 11.6 Å². The van der Waals surface area contributed by atoms with Crippen molar-refractivity contribution in [2.24, 2.45) is 0 Å². The lowest BCUT2D eigenvalue weighted by molar-refractivity contribution is 0.0307. The molecule has 0 aliphatic carbocycles. The highest BCUT2D eigenvalue weighted by Gasteiger charge is 2.24. The Hall–Kier alpha value is -3.09. The first kappa shape index (κ1) is 19.7. The molecule has 2 heterocycles. The Balaban J connectivity index is 1.75. The van der Waals surface area contributed by atoms with Gasteiger partial charge in [-0.15, -0.1) is 5.10 Å². The van der Waals surface area contributed by atoms with Crippen LogP contribution >= 0.6 is 0 Å². The number of rotatable bonds is 4. The van der Waals surface area contributed by atoms with Gasteiger partial charge >= 0.3 is 5.97 Å². The van der Waals surface area contributed by atoms with Crippen molar-refractivity contribution in [1.29, 1.82) is 0 Å². The summed E-state index contributed by atoms with van der Waals surface area (Å²) in [7, 11) is 0. The van der Waals surface area contributed by atoms with Gasteiger partial charge in [0, 0.05) is 17.0 Å². The van der Waals surface area contributed by atoms with E-state index in [0.29, 0.717) is 11.3 Å². The highest BCUT2D eigenvalue weighted by atomic mass is 16.5. The fourth-order valence-corrected chi connectivity index (χ4v) is 2.89. The van der Waals surface area contributed by atoms with Crippen LogP contribution in [0, 0.1) is 13.8 Å². The van der Waals surface area contributed by atoms with Crippen LogP contribution in [0.15, 0.2) is 30.3 Å². The Morgan fingerprint density at radius 2 is 1.71 bits per heavy atom.